The van der Waals surface area contributed by atoms with Crippen LogP contribution in [0.4, 0.5) is 4.39 Å². The first kappa shape index (κ1) is 28.7. The molecule has 3 aromatic carbocycles. The molecule has 0 fully saturated rings. The molecule has 7 nitrogen and oxygen atoms in total. The molecule has 0 radical (unpaired) electrons. The number of thiazole rings is 1. The molecule has 0 saturated heterocycles. The number of fused-ring (bicyclic) bond motifs is 1. The predicted molar refractivity (Wildman–Crippen MR) is 163 cm³/mol. The van der Waals surface area contributed by atoms with Crippen LogP contribution >= 0.6 is 33.9 Å². The Morgan fingerprint density at radius 1 is 1.12 bits per heavy atom. The Hall–Kier alpha value is -3.77. The molecule has 0 aliphatic carbocycles. The normalized spacial score (nSPS) is 14.9. The van der Waals surface area contributed by atoms with Crippen molar-refractivity contribution in [3.8, 4) is 11.5 Å². The Morgan fingerprint density at radius 2 is 1.85 bits per heavy atom. The molecule has 1 aliphatic heterocycles. The van der Waals surface area contributed by atoms with Crippen LogP contribution in [0.5, 0.6) is 11.5 Å². The van der Waals surface area contributed by atoms with Crippen molar-refractivity contribution in [3.63, 3.8) is 0 Å². The summed E-state index contributed by atoms with van der Waals surface area (Å²) in [6, 6.07) is 18.3. The topological polar surface area (TPSA) is 79.1 Å². The van der Waals surface area contributed by atoms with Crippen molar-refractivity contribution in [2.24, 2.45) is 4.99 Å². The Morgan fingerprint density at radius 3 is 2.54 bits per heavy atom. The van der Waals surface area contributed by atoms with E-state index < -0.39 is 17.8 Å². The van der Waals surface area contributed by atoms with Crippen molar-refractivity contribution in [2.45, 2.75) is 26.5 Å². The first-order valence-electron chi connectivity index (χ1n) is 12.8. The summed E-state index contributed by atoms with van der Waals surface area (Å²) in [4.78, 5) is 31.9. The lowest BCUT2D eigenvalue weighted by Crippen LogP contribution is -2.39. The number of ether oxygens (including phenoxy) is 3. The van der Waals surface area contributed by atoms with Crippen LogP contribution in [-0.2, 0) is 16.1 Å². The molecule has 1 atom stereocenters. The maximum absolute atomic E-state index is 13.8. The molecule has 210 valence electrons. The van der Waals surface area contributed by atoms with Gasteiger partial charge in [-0.05, 0) is 102 Å². The summed E-state index contributed by atoms with van der Waals surface area (Å²) >= 11 is 3.46. The van der Waals surface area contributed by atoms with Gasteiger partial charge in [0.25, 0.3) is 5.56 Å². The molecule has 1 aliphatic rings. The van der Waals surface area contributed by atoms with E-state index in [1.165, 1.54) is 28.0 Å². The smallest absolute Gasteiger partial charge is 0.338 e. The maximum atomic E-state index is 13.8. The molecule has 4 aromatic rings. The predicted octanol–water partition coefficient (Wildman–Crippen LogP) is 5.13. The van der Waals surface area contributed by atoms with E-state index in [9.17, 15) is 14.0 Å². The van der Waals surface area contributed by atoms with E-state index in [-0.39, 0.29) is 24.3 Å². The van der Waals surface area contributed by atoms with Crippen LogP contribution in [0, 0.1) is 9.39 Å². The molecular formula is C31H26FIN2O5S. The number of esters is 1. The fourth-order valence-electron chi connectivity index (χ4n) is 4.60. The summed E-state index contributed by atoms with van der Waals surface area (Å²) in [5.41, 5.74) is 2.55. The van der Waals surface area contributed by atoms with Crippen molar-refractivity contribution in [1.29, 1.82) is 0 Å². The zero-order valence-corrected chi connectivity index (χ0v) is 25.5. The van der Waals surface area contributed by atoms with Gasteiger partial charge in [-0.15, -0.1) is 0 Å². The third-order valence-electron chi connectivity index (χ3n) is 6.51. The lowest BCUT2D eigenvalue weighted by molar-refractivity contribution is -0.139. The second-order valence-electron chi connectivity index (χ2n) is 9.17. The zero-order chi connectivity index (χ0) is 29.1. The van der Waals surface area contributed by atoms with Crippen molar-refractivity contribution < 1.29 is 23.4 Å². The highest BCUT2D eigenvalue weighted by Crippen LogP contribution is 2.31. The molecule has 41 heavy (non-hydrogen) atoms. The van der Waals surface area contributed by atoms with Gasteiger partial charge in [-0.3, -0.25) is 9.36 Å². The van der Waals surface area contributed by atoms with E-state index in [0.717, 1.165) is 20.4 Å². The third-order valence-corrected chi connectivity index (χ3v) is 8.22. The molecule has 0 N–H and O–H groups in total. The van der Waals surface area contributed by atoms with Crippen LogP contribution in [0.15, 0.2) is 87.8 Å². The number of aromatic nitrogens is 1. The van der Waals surface area contributed by atoms with Gasteiger partial charge in [0.15, 0.2) is 4.80 Å². The average molecular weight is 685 g/mol. The van der Waals surface area contributed by atoms with Gasteiger partial charge in [0.1, 0.15) is 23.9 Å². The number of benzene rings is 3. The minimum atomic E-state index is -0.804. The summed E-state index contributed by atoms with van der Waals surface area (Å²) in [5.74, 6) is 0.422. The van der Waals surface area contributed by atoms with Gasteiger partial charge in [0.05, 0.1) is 35.6 Å². The van der Waals surface area contributed by atoms with E-state index in [1.54, 1.807) is 39.2 Å². The van der Waals surface area contributed by atoms with E-state index in [0.29, 0.717) is 26.3 Å². The number of methoxy groups -OCH3 is 1. The monoisotopic (exact) mass is 684 g/mol. The number of nitrogens with zero attached hydrogens (tertiary/aromatic N) is 2. The molecule has 0 spiro atoms. The number of carbonyl (C=O) groups excluding carboxylic acids is 1. The van der Waals surface area contributed by atoms with Crippen LogP contribution in [0.2, 0.25) is 0 Å². The number of allylic oxidation sites excluding steroid dienone is 1. The fraction of sp³-hybridized carbons (Fsp3) is 0.194. The third kappa shape index (κ3) is 6.13. The van der Waals surface area contributed by atoms with Crippen LogP contribution in [0.25, 0.3) is 6.08 Å². The number of halogens is 2. The maximum Gasteiger partial charge on any atom is 0.338 e. The minimum absolute atomic E-state index is 0.170. The summed E-state index contributed by atoms with van der Waals surface area (Å²) in [6.07, 6.45) is 1.78. The van der Waals surface area contributed by atoms with Crippen LogP contribution in [0.1, 0.15) is 36.6 Å². The fourth-order valence-corrected chi connectivity index (χ4v) is 6.00. The van der Waals surface area contributed by atoms with Gasteiger partial charge in [0.2, 0.25) is 0 Å². The van der Waals surface area contributed by atoms with Crippen molar-refractivity contribution in [3.05, 3.63) is 124 Å². The second kappa shape index (κ2) is 12.4. The molecule has 10 heteroatoms. The number of carbonyl (C=O) groups is 1. The summed E-state index contributed by atoms with van der Waals surface area (Å²) in [5, 5.41) is 0. The van der Waals surface area contributed by atoms with Gasteiger partial charge < -0.3 is 14.2 Å². The lowest BCUT2D eigenvalue weighted by atomic mass is 9.96. The first-order chi connectivity index (χ1) is 19.8. The number of hydrogen-bond donors (Lipinski definition) is 0. The molecule has 0 bridgehead atoms. The molecular weight excluding hydrogens is 658 g/mol. The summed E-state index contributed by atoms with van der Waals surface area (Å²) < 4.78 is 33.6. The Bertz CT molecular complexity index is 1810. The summed E-state index contributed by atoms with van der Waals surface area (Å²) in [6.45, 7) is 3.87. The Kier molecular flexibility index (Phi) is 8.69. The standard InChI is InChI=1S/C31H26FIN2O5S/c1-4-39-30(37)27-18(2)34-31-35(28(27)20-6-8-22(32)9-7-20)29(36)26(41-31)16-19-5-14-25(38-3)21(15-19)17-40-24-12-10-23(33)11-13-24/h5-16,28H,4,17H2,1-3H3/b26-16-/t28-/m0/s1. The van der Waals surface area contributed by atoms with Crippen molar-refractivity contribution in [1.82, 2.24) is 4.57 Å². The van der Waals surface area contributed by atoms with Gasteiger partial charge in [-0.1, -0.05) is 29.5 Å². The first-order valence-corrected chi connectivity index (χ1v) is 14.7. The Labute approximate surface area is 253 Å². The van der Waals surface area contributed by atoms with E-state index in [4.69, 9.17) is 14.2 Å². The van der Waals surface area contributed by atoms with Crippen molar-refractivity contribution in [2.75, 3.05) is 13.7 Å². The molecule has 1 aromatic heterocycles. The lowest BCUT2D eigenvalue weighted by Gasteiger charge is -2.24. The highest BCUT2D eigenvalue weighted by molar-refractivity contribution is 14.1. The molecule has 5 rings (SSSR count). The van der Waals surface area contributed by atoms with Gasteiger partial charge >= 0.3 is 5.97 Å². The highest BCUT2D eigenvalue weighted by atomic mass is 127. The summed E-state index contributed by atoms with van der Waals surface area (Å²) in [7, 11) is 1.60. The quantitative estimate of drug-likeness (QED) is 0.190. The van der Waals surface area contributed by atoms with Crippen molar-refractivity contribution >= 4 is 46.0 Å². The number of rotatable bonds is 8. The molecule has 2 heterocycles. The molecule has 0 unspecified atom stereocenters. The SMILES string of the molecule is CCOC(=O)C1=C(C)N=c2s/c(=C\c3ccc(OC)c(COc4ccc(I)cc4)c3)c(=O)n2[C@H]1c1ccc(F)cc1. The molecule has 0 amide bonds. The van der Waals surface area contributed by atoms with Gasteiger partial charge in [-0.25, -0.2) is 14.2 Å². The average Bonchev–Trinajstić information content (AvgIpc) is 3.26. The largest absolute Gasteiger partial charge is 0.496 e. The van der Waals surface area contributed by atoms with E-state index >= 15 is 0 Å². The number of hydrogen-bond acceptors (Lipinski definition) is 7. The van der Waals surface area contributed by atoms with Crippen LogP contribution < -0.4 is 24.4 Å². The zero-order valence-electron chi connectivity index (χ0n) is 22.5. The van der Waals surface area contributed by atoms with Gasteiger partial charge in [0, 0.05) is 9.13 Å². The highest BCUT2D eigenvalue weighted by Gasteiger charge is 2.33. The van der Waals surface area contributed by atoms with Gasteiger partial charge in [-0.2, -0.15) is 0 Å². The second-order valence-corrected chi connectivity index (χ2v) is 11.4. The Balaban J connectivity index is 1.57. The van der Waals surface area contributed by atoms with Crippen LogP contribution in [0.3, 0.4) is 0 Å². The van der Waals surface area contributed by atoms with E-state index in [2.05, 4.69) is 27.6 Å². The van der Waals surface area contributed by atoms with Crippen LogP contribution in [-0.4, -0.2) is 24.3 Å². The molecule has 0 saturated carbocycles. The minimum Gasteiger partial charge on any atom is -0.496 e. The van der Waals surface area contributed by atoms with E-state index in [1.807, 2.05) is 42.5 Å².